The third-order valence-corrected chi connectivity index (χ3v) is 4.06. The van der Waals surface area contributed by atoms with Gasteiger partial charge in [-0.2, -0.15) is 0 Å². The van der Waals surface area contributed by atoms with Crippen LogP contribution in [0.1, 0.15) is 17.2 Å². The first-order valence-electron chi connectivity index (χ1n) is 6.13. The predicted molar refractivity (Wildman–Crippen MR) is 83.0 cm³/mol. The van der Waals surface area contributed by atoms with E-state index in [0.29, 0.717) is 5.75 Å². The van der Waals surface area contributed by atoms with Gasteiger partial charge in [-0.25, -0.2) is 8.78 Å². The van der Waals surface area contributed by atoms with Gasteiger partial charge in [0.2, 0.25) is 0 Å². The number of methoxy groups -OCH3 is 1. The van der Waals surface area contributed by atoms with Crippen molar-refractivity contribution in [2.45, 2.75) is 6.04 Å². The Morgan fingerprint density at radius 2 is 1.90 bits per heavy atom. The van der Waals surface area contributed by atoms with E-state index in [-0.39, 0.29) is 10.6 Å². The first-order valence-corrected chi connectivity index (χ1v) is 7.30. The summed E-state index contributed by atoms with van der Waals surface area (Å²) in [7, 11) is 3.23. The lowest BCUT2D eigenvalue weighted by Gasteiger charge is -2.19. The number of benzene rings is 2. The molecule has 0 amide bonds. The second-order valence-electron chi connectivity index (χ2n) is 4.40. The topological polar surface area (TPSA) is 21.3 Å². The van der Waals surface area contributed by atoms with E-state index in [2.05, 4.69) is 21.2 Å². The van der Waals surface area contributed by atoms with E-state index in [9.17, 15) is 8.78 Å². The first kappa shape index (κ1) is 16.2. The van der Waals surface area contributed by atoms with Gasteiger partial charge in [0.25, 0.3) is 0 Å². The monoisotopic (exact) mass is 375 g/mol. The average molecular weight is 377 g/mol. The van der Waals surface area contributed by atoms with Crippen molar-refractivity contribution in [3.05, 3.63) is 62.6 Å². The number of halogens is 4. The standard InChI is InChI=1S/C15H13BrClF2NO/c1-20-15(8-3-4-14(21-2)10(16)5-8)9-6-13(19)11(17)7-12(9)18/h3-7,15,20H,1-2H3. The van der Waals surface area contributed by atoms with E-state index >= 15 is 0 Å². The molecule has 21 heavy (non-hydrogen) atoms. The van der Waals surface area contributed by atoms with Crippen LogP contribution in [0, 0.1) is 11.6 Å². The van der Waals surface area contributed by atoms with Gasteiger partial charge in [0.05, 0.1) is 22.6 Å². The second kappa shape index (κ2) is 6.73. The molecule has 1 atom stereocenters. The molecule has 0 saturated heterocycles. The van der Waals surface area contributed by atoms with Gasteiger partial charge >= 0.3 is 0 Å². The van der Waals surface area contributed by atoms with Gasteiger partial charge in [-0.15, -0.1) is 0 Å². The van der Waals surface area contributed by atoms with E-state index in [1.807, 2.05) is 0 Å². The summed E-state index contributed by atoms with van der Waals surface area (Å²) in [5, 5.41) is 2.74. The van der Waals surface area contributed by atoms with Crippen LogP contribution >= 0.6 is 27.5 Å². The smallest absolute Gasteiger partial charge is 0.142 e. The molecule has 2 nitrogen and oxygen atoms in total. The fourth-order valence-electron chi connectivity index (χ4n) is 2.12. The lowest BCUT2D eigenvalue weighted by atomic mass is 9.98. The van der Waals surface area contributed by atoms with E-state index in [1.54, 1.807) is 32.4 Å². The van der Waals surface area contributed by atoms with Crippen molar-refractivity contribution in [1.82, 2.24) is 5.32 Å². The van der Waals surface area contributed by atoms with Gasteiger partial charge in [-0.3, -0.25) is 0 Å². The number of rotatable bonds is 4. The maximum atomic E-state index is 14.1. The lowest BCUT2D eigenvalue weighted by molar-refractivity contribution is 0.412. The summed E-state index contributed by atoms with van der Waals surface area (Å²) in [6.07, 6.45) is 0. The quantitative estimate of drug-likeness (QED) is 0.781. The molecule has 2 aromatic carbocycles. The fraction of sp³-hybridized carbons (Fsp3) is 0.200. The van der Waals surface area contributed by atoms with Crippen molar-refractivity contribution < 1.29 is 13.5 Å². The van der Waals surface area contributed by atoms with Crippen LogP contribution in [-0.2, 0) is 0 Å². The molecule has 0 bridgehead atoms. The van der Waals surface area contributed by atoms with Gasteiger partial charge < -0.3 is 10.1 Å². The van der Waals surface area contributed by atoms with Crippen molar-refractivity contribution in [3.8, 4) is 5.75 Å². The van der Waals surface area contributed by atoms with Crippen molar-refractivity contribution in [3.63, 3.8) is 0 Å². The lowest BCUT2D eigenvalue weighted by Crippen LogP contribution is -2.19. The first-order chi connectivity index (χ1) is 9.97. The third-order valence-electron chi connectivity index (χ3n) is 3.15. The molecular formula is C15H13BrClF2NO. The Bertz CT molecular complexity index is 666. The molecule has 0 aliphatic carbocycles. The van der Waals surface area contributed by atoms with Crippen molar-refractivity contribution >= 4 is 27.5 Å². The fourth-order valence-corrected chi connectivity index (χ4v) is 2.83. The van der Waals surface area contributed by atoms with E-state index in [4.69, 9.17) is 16.3 Å². The van der Waals surface area contributed by atoms with E-state index < -0.39 is 17.7 Å². The maximum absolute atomic E-state index is 14.1. The zero-order chi connectivity index (χ0) is 15.6. The summed E-state index contributed by atoms with van der Waals surface area (Å²) in [5.74, 6) is -0.551. The Balaban J connectivity index is 2.49. The molecule has 1 N–H and O–H groups in total. The Labute approximate surface area is 135 Å². The third kappa shape index (κ3) is 3.36. The Hall–Kier alpha value is -1.17. The van der Waals surface area contributed by atoms with Gasteiger partial charge in [0, 0.05) is 5.56 Å². The summed E-state index contributed by atoms with van der Waals surface area (Å²) < 4.78 is 33.6. The highest BCUT2D eigenvalue weighted by Crippen LogP contribution is 2.32. The van der Waals surface area contributed by atoms with Crippen LogP contribution in [0.25, 0.3) is 0 Å². The second-order valence-corrected chi connectivity index (χ2v) is 5.67. The van der Waals surface area contributed by atoms with Crippen molar-refractivity contribution in [1.29, 1.82) is 0 Å². The average Bonchev–Trinajstić information content (AvgIpc) is 2.45. The highest BCUT2D eigenvalue weighted by atomic mass is 79.9. The molecule has 0 heterocycles. The molecule has 6 heteroatoms. The predicted octanol–water partition coefficient (Wildman–Crippen LogP) is 4.70. The number of hydrogen-bond donors (Lipinski definition) is 1. The normalized spacial score (nSPS) is 12.3. The maximum Gasteiger partial charge on any atom is 0.142 e. The highest BCUT2D eigenvalue weighted by Gasteiger charge is 2.19. The van der Waals surface area contributed by atoms with E-state index in [0.717, 1.165) is 22.2 Å². The van der Waals surface area contributed by atoms with Gasteiger partial charge in [0.15, 0.2) is 0 Å². The highest BCUT2D eigenvalue weighted by molar-refractivity contribution is 9.10. The van der Waals surface area contributed by atoms with Crippen molar-refractivity contribution in [2.24, 2.45) is 0 Å². The summed E-state index contributed by atoms with van der Waals surface area (Å²) in [5.41, 5.74) is 0.960. The molecule has 0 aliphatic rings. The van der Waals surface area contributed by atoms with Crippen LogP contribution < -0.4 is 10.1 Å². The van der Waals surface area contributed by atoms with E-state index in [1.165, 1.54) is 0 Å². The van der Waals surface area contributed by atoms with Crippen molar-refractivity contribution in [2.75, 3.05) is 14.2 Å². The van der Waals surface area contributed by atoms with Gasteiger partial charge in [-0.1, -0.05) is 17.7 Å². The summed E-state index contributed by atoms with van der Waals surface area (Å²) >= 11 is 8.97. The van der Waals surface area contributed by atoms with Crippen LogP contribution in [0.3, 0.4) is 0 Å². The molecule has 0 aliphatic heterocycles. The van der Waals surface area contributed by atoms with Crippen LogP contribution in [0.2, 0.25) is 5.02 Å². The number of ether oxygens (including phenoxy) is 1. The molecule has 0 spiro atoms. The minimum Gasteiger partial charge on any atom is -0.496 e. The summed E-state index contributed by atoms with van der Waals surface area (Å²) in [6, 6.07) is 6.93. The van der Waals surface area contributed by atoms with Gasteiger partial charge in [0.1, 0.15) is 17.4 Å². The zero-order valence-corrected chi connectivity index (χ0v) is 13.7. The Morgan fingerprint density at radius 1 is 1.19 bits per heavy atom. The number of hydrogen-bond acceptors (Lipinski definition) is 2. The Morgan fingerprint density at radius 3 is 2.48 bits per heavy atom. The SMILES string of the molecule is CNC(c1ccc(OC)c(Br)c1)c1cc(F)c(Cl)cc1F. The zero-order valence-electron chi connectivity index (χ0n) is 11.4. The summed E-state index contributed by atoms with van der Waals surface area (Å²) in [6.45, 7) is 0. The molecule has 0 fully saturated rings. The van der Waals surface area contributed by atoms with Crippen LogP contribution in [0.5, 0.6) is 5.75 Å². The van der Waals surface area contributed by atoms with Crippen LogP contribution in [0.4, 0.5) is 8.78 Å². The molecule has 1 unspecified atom stereocenters. The number of nitrogens with one attached hydrogen (secondary N) is 1. The molecule has 0 aromatic heterocycles. The minimum absolute atomic E-state index is 0.191. The van der Waals surface area contributed by atoms with Crippen LogP contribution in [-0.4, -0.2) is 14.2 Å². The van der Waals surface area contributed by atoms with Crippen LogP contribution in [0.15, 0.2) is 34.8 Å². The largest absolute Gasteiger partial charge is 0.496 e. The minimum atomic E-state index is -0.652. The summed E-state index contributed by atoms with van der Waals surface area (Å²) in [4.78, 5) is 0. The molecule has 2 aromatic rings. The molecular weight excluding hydrogens is 364 g/mol. The van der Waals surface area contributed by atoms with Gasteiger partial charge in [-0.05, 0) is 52.8 Å². The molecule has 2 rings (SSSR count). The Kier molecular flexibility index (Phi) is 5.19. The molecule has 112 valence electrons. The molecule has 0 saturated carbocycles. The molecule has 0 radical (unpaired) electrons.